The average Bonchev–Trinajstić information content (AvgIpc) is 2.34. The Bertz CT molecular complexity index is 564. The van der Waals surface area contributed by atoms with E-state index < -0.39 is 0 Å². The van der Waals surface area contributed by atoms with E-state index in [2.05, 4.69) is 11.9 Å². The second-order valence-corrected chi connectivity index (χ2v) is 4.38. The molecule has 2 rings (SSSR count). The van der Waals surface area contributed by atoms with Crippen LogP contribution in [0.2, 0.25) is 0 Å². The zero-order valence-corrected chi connectivity index (χ0v) is 11.0. The first-order valence-electron chi connectivity index (χ1n) is 6.10. The molecule has 2 N–H and O–H groups in total. The number of nitrogen functional groups attached to an aromatic ring is 1. The molecule has 0 radical (unpaired) electrons. The summed E-state index contributed by atoms with van der Waals surface area (Å²) in [6.45, 7) is 6.04. The molecule has 0 aliphatic carbocycles. The van der Waals surface area contributed by atoms with Crippen molar-refractivity contribution in [2.24, 2.45) is 0 Å². The van der Waals surface area contributed by atoms with Crippen LogP contribution >= 0.6 is 0 Å². The molecule has 0 fully saturated rings. The van der Waals surface area contributed by atoms with Gasteiger partial charge in [0.1, 0.15) is 11.5 Å². The van der Waals surface area contributed by atoms with E-state index in [9.17, 15) is 0 Å². The Morgan fingerprint density at radius 2 is 1.83 bits per heavy atom. The number of hydrogen-bond donors (Lipinski definition) is 1. The maximum Gasteiger partial charge on any atom is 0.148 e. The number of aryl methyl sites for hydroxylation is 3. The number of benzene rings is 1. The molecule has 0 bridgehead atoms. The Morgan fingerprint density at radius 1 is 1.11 bits per heavy atom. The lowest BCUT2D eigenvalue weighted by Gasteiger charge is -2.12. The van der Waals surface area contributed by atoms with Gasteiger partial charge in [-0.1, -0.05) is 6.92 Å². The topological polar surface area (TPSA) is 48.1 Å². The summed E-state index contributed by atoms with van der Waals surface area (Å²) in [6.07, 6.45) is 0.852. The van der Waals surface area contributed by atoms with Crippen LogP contribution in [-0.2, 0) is 6.42 Å². The van der Waals surface area contributed by atoms with E-state index in [1.54, 1.807) is 0 Å². The van der Waals surface area contributed by atoms with Crippen LogP contribution in [0.15, 0.2) is 30.3 Å². The van der Waals surface area contributed by atoms with Crippen molar-refractivity contribution >= 4 is 5.69 Å². The van der Waals surface area contributed by atoms with Gasteiger partial charge >= 0.3 is 0 Å². The number of anilines is 1. The molecule has 1 aromatic heterocycles. The van der Waals surface area contributed by atoms with E-state index in [1.165, 1.54) is 0 Å². The van der Waals surface area contributed by atoms with E-state index in [4.69, 9.17) is 10.5 Å². The van der Waals surface area contributed by atoms with Gasteiger partial charge in [-0.05, 0) is 56.2 Å². The molecule has 0 saturated carbocycles. The predicted molar refractivity (Wildman–Crippen MR) is 74.0 cm³/mol. The van der Waals surface area contributed by atoms with Gasteiger partial charge in [-0.25, -0.2) is 0 Å². The first-order valence-corrected chi connectivity index (χ1v) is 6.10. The summed E-state index contributed by atoms with van der Waals surface area (Å²) in [5, 5.41) is 0. The molecule has 3 nitrogen and oxygen atoms in total. The highest BCUT2D eigenvalue weighted by Gasteiger charge is 2.07. The lowest BCUT2D eigenvalue weighted by molar-refractivity contribution is 0.469. The number of ether oxygens (including phenoxy) is 1. The third-order valence-corrected chi connectivity index (χ3v) is 2.83. The molecule has 18 heavy (non-hydrogen) atoms. The molecule has 0 aliphatic rings. The van der Waals surface area contributed by atoms with Gasteiger partial charge < -0.3 is 10.5 Å². The van der Waals surface area contributed by atoms with Gasteiger partial charge in [-0.15, -0.1) is 0 Å². The number of rotatable bonds is 3. The minimum Gasteiger partial charge on any atom is -0.455 e. The molecule has 0 aliphatic heterocycles. The third-order valence-electron chi connectivity index (χ3n) is 2.83. The summed E-state index contributed by atoms with van der Waals surface area (Å²) < 4.78 is 5.92. The Balaban J connectivity index is 2.33. The number of nitrogens with two attached hydrogens (primary N) is 1. The standard InChI is InChI=1S/C15H18N2O/c1-4-13-15(7-5-11(3)17-13)18-14-8-6-12(16)9-10(14)2/h5-9H,4,16H2,1-3H3. The van der Waals surface area contributed by atoms with Crippen LogP contribution in [0.4, 0.5) is 5.69 Å². The Kier molecular flexibility index (Phi) is 3.51. The van der Waals surface area contributed by atoms with Crippen molar-refractivity contribution in [1.82, 2.24) is 4.98 Å². The predicted octanol–water partition coefficient (Wildman–Crippen LogP) is 3.64. The molecule has 0 spiro atoms. The summed E-state index contributed by atoms with van der Waals surface area (Å²) in [4.78, 5) is 4.49. The van der Waals surface area contributed by atoms with Gasteiger partial charge in [0, 0.05) is 11.4 Å². The number of nitrogens with zero attached hydrogens (tertiary/aromatic N) is 1. The minimum absolute atomic E-state index is 0.748. The normalized spacial score (nSPS) is 10.4. The van der Waals surface area contributed by atoms with Gasteiger partial charge in [0.2, 0.25) is 0 Å². The second kappa shape index (κ2) is 5.08. The van der Waals surface area contributed by atoms with Crippen molar-refractivity contribution in [2.75, 3.05) is 5.73 Å². The van der Waals surface area contributed by atoms with Crippen molar-refractivity contribution in [3.63, 3.8) is 0 Å². The average molecular weight is 242 g/mol. The van der Waals surface area contributed by atoms with Crippen LogP contribution in [0.1, 0.15) is 23.9 Å². The van der Waals surface area contributed by atoms with Crippen LogP contribution in [0.5, 0.6) is 11.5 Å². The van der Waals surface area contributed by atoms with E-state index in [1.807, 2.05) is 44.2 Å². The summed E-state index contributed by atoms with van der Waals surface area (Å²) in [7, 11) is 0. The highest BCUT2D eigenvalue weighted by molar-refractivity contribution is 5.48. The van der Waals surface area contributed by atoms with Crippen molar-refractivity contribution in [1.29, 1.82) is 0 Å². The van der Waals surface area contributed by atoms with Crippen molar-refractivity contribution in [3.05, 3.63) is 47.3 Å². The van der Waals surface area contributed by atoms with E-state index in [0.29, 0.717) is 0 Å². The molecule has 2 aromatic rings. The highest BCUT2D eigenvalue weighted by Crippen LogP contribution is 2.28. The molecule has 1 heterocycles. The van der Waals surface area contributed by atoms with Gasteiger partial charge in [0.05, 0.1) is 5.69 Å². The zero-order chi connectivity index (χ0) is 13.1. The van der Waals surface area contributed by atoms with E-state index in [-0.39, 0.29) is 0 Å². The fourth-order valence-electron chi connectivity index (χ4n) is 1.85. The summed E-state index contributed by atoms with van der Waals surface area (Å²) in [5.74, 6) is 1.64. The zero-order valence-electron chi connectivity index (χ0n) is 11.0. The Morgan fingerprint density at radius 3 is 2.50 bits per heavy atom. The van der Waals surface area contributed by atoms with Crippen LogP contribution in [0, 0.1) is 13.8 Å². The molecule has 3 heteroatoms. The summed E-state index contributed by atoms with van der Waals surface area (Å²) in [6, 6.07) is 9.57. The molecule has 0 amide bonds. The molecule has 0 saturated heterocycles. The van der Waals surface area contributed by atoms with Gasteiger partial charge in [-0.2, -0.15) is 0 Å². The lowest BCUT2D eigenvalue weighted by Crippen LogP contribution is -1.97. The summed E-state index contributed by atoms with van der Waals surface area (Å²) in [5.41, 5.74) is 9.49. The maximum atomic E-state index is 5.92. The monoisotopic (exact) mass is 242 g/mol. The smallest absolute Gasteiger partial charge is 0.148 e. The second-order valence-electron chi connectivity index (χ2n) is 4.38. The lowest BCUT2D eigenvalue weighted by atomic mass is 10.2. The molecular weight excluding hydrogens is 224 g/mol. The van der Waals surface area contributed by atoms with E-state index in [0.717, 1.165) is 40.6 Å². The maximum absolute atomic E-state index is 5.92. The summed E-state index contributed by atoms with van der Waals surface area (Å²) >= 11 is 0. The number of hydrogen-bond acceptors (Lipinski definition) is 3. The number of pyridine rings is 1. The van der Waals surface area contributed by atoms with E-state index >= 15 is 0 Å². The van der Waals surface area contributed by atoms with Crippen molar-refractivity contribution in [3.8, 4) is 11.5 Å². The fourth-order valence-corrected chi connectivity index (χ4v) is 1.85. The van der Waals surface area contributed by atoms with Crippen LogP contribution < -0.4 is 10.5 Å². The van der Waals surface area contributed by atoms with Crippen LogP contribution in [-0.4, -0.2) is 4.98 Å². The molecule has 1 aromatic carbocycles. The van der Waals surface area contributed by atoms with Gasteiger partial charge in [0.25, 0.3) is 0 Å². The third kappa shape index (κ3) is 2.62. The first-order chi connectivity index (χ1) is 8.60. The molecule has 0 atom stereocenters. The number of aromatic nitrogens is 1. The minimum atomic E-state index is 0.748. The van der Waals surface area contributed by atoms with Crippen molar-refractivity contribution in [2.45, 2.75) is 27.2 Å². The Labute approximate surface area is 108 Å². The van der Waals surface area contributed by atoms with Gasteiger partial charge in [-0.3, -0.25) is 4.98 Å². The largest absolute Gasteiger partial charge is 0.455 e. The highest BCUT2D eigenvalue weighted by atomic mass is 16.5. The molecule has 0 unspecified atom stereocenters. The molecular formula is C15H18N2O. The Hall–Kier alpha value is -2.03. The SMILES string of the molecule is CCc1nc(C)ccc1Oc1ccc(N)cc1C. The van der Waals surface area contributed by atoms with Crippen LogP contribution in [0.3, 0.4) is 0 Å². The first kappa shape index (κ1) is 12.4. The van der Waals surface area contributed by atoms with Crippen LogP contribution in [0.25, 0.3) is 0 Å². The fraction of sp³-hybridized carbons (Fsp3) is 0.267. The van der Waals surface area contributed by atoms with Crippen molar-refractivity contribution < 1.29 is 4.74 Å². The molecule has 94 valence electrons. The quantitative estimate of drug-likeness (QED) is 0.836. The van der Waals surface area contributed by atoms with Gasteiger partial charge in [0.15, 0.2) is 0 Å².